The van der Waals surface area contributed by atoms with Gasteiger partial charge in [0.1, 0.15) is 0 Å². The number of fused-ring (bicyclic) bond motifs is 1. The van der Waals surface area contributed by atoms with Crippen LogP contribution in [0, 0.1) is 0 Å². The molecule has 1 heterocycles. The molecule has 1 N–H and O–H groups in total. The monoisotopic (exact) mass is 293 g/mol. The van der Waals surface area contributed by atoms with Crippen molar-refractivity contribution in [3.63, 3.8) is 0 Å². The van der Waals surface area contributed by atoms with Crippen molar-refractivity contribution in [2.24, 2.45) is 0 Å². The number of hydrogen-bond donors (Lipinski definition) is 1. The summed E-state index contributed by atoms with van der Waals surface area (Å²) in [7, 11) is 0. The molecule has 1 saturated heterocycles. The van der Waals surface area contributed by atoms with E-state index in [9.17, 15) is 4.79 Å². The highest BCUT2D eigenvalue weighted by atomic mass is 32.2. The second-order valence-corrected chi connectivity index (χ2v) is 7.55. The van der Waals surface area contributed by atoms with Crippen LogP contribution in [0.4, 0.5) is 0 Å². The van der Waals surface area contributed by atoms with Gasteiger partial charge in [0.2, 0.25) is 5.91 Å². The first-order valence-electron chi connectivity index (χ1n) is 6.92. The van der Waals surface area contributed by atoms with Crippen molar-refractivity contribution in [3.8, 4) is 0 Å². The van der Waals surface area contributed by atoms with E-state index in [1.165, 1.54) is 23.3 Å². The van der Waals surface area contributed by atoms with Crippen LogP contribution in [0.2, 0.25) is 0 Å². The topological polar surface area (TPSA) is 29.1 Å². The molecular formula is C15H19NOS2. The van der Waals surface area contributed by atoms with Crippen molar-refractivity contribution in [2.75, 3.05) is 17.3 Å². The number of aryl methyl sites for hydroxylation is 1. The zero-order chi connectivity index (χ0) is 13.1. The van der Waals surface area contributed by atoms with Crippen LogP contribution in [-0.4, -0.2) is 28.4 Å². The normalized spacial score (nSPS) is 26.5. The van der Waals surface area contributed by atoms with Crippen LogP contribution in [0.15, 0.2) is 24.3 Å². The second-order valence-electron chi connectivity index (χ2n) is 5.09. The molecular weight excluding hydrogens is 274 g/mol. The van der Waals surface area contributed by atoms with Crippen molar-refractivity contribution >= 4 is 29.4 Å². The van der Waals surface area contributed by atoms with E-state index in [0.717, 1.165) is 24.3 Å². The number of carbonyl (C=O) groups excluding carboxylic acids is 1. The van der Waals surface area contributed by atoms with Gasteiger partial charge in [0.05, 0.1) is 11.3 Å². The second kappa shape index (κ2) is 6.23. The molecule has 0 bridgehead atoms. The highest BCUT2D eigenvalue weighted by Gasteiger charge is 2.27. The SMILES string of the molecule is O=C(N[C@@H]1CCCc2ccccc21)[C@@H]1CSCCS1. The molecule has 1 aliphatic carbocycles. The highest BCUT2D eigenvalue weighted by Crippen LogP contribution is 2.31. The number of benzene rings is 1. The maximum Gasteiger partial charge on any atom is 0.234 e. The van der Waals surface area contributed by atoms with Crippen LogP contribution in [-0.2, 0) is 11.2 Å². The van der Waals surface area contributed by atoms with Crippen LogP contribution in [0.3, 0.4) is 0 Å². The Morgan fingerprint density at radius 1 is 1.26 bits per heavy atom. The lowest BCUT2D eigenvalue weighted by atomic mass is 9.88. The Bertz CT molecular complexity index is 457. The smallest absolute Gasteiger partial charge is 0.234 e. The van der Waals surface area contributed by atoms with Gasteiger partial charge in [0.25, 0.3) is 0 Å². The highest BCUT2D eigenvalue weighted by molar-refractivity contribution is 8.07. The molecule has 1 aromatic carbocycles. The summed E-state index contributed by atoms with van der Waals surface area (Å²) in [6.07, 6.45) is 3.40. The quantitative estimate of drug-likeness (QED) is 0.909. The van der Waals surface area contributed by atoms with Crippen molar-refractivity contribution < 1.29 is 4.79 Å². The fourth-order valence-corrected chi connectivity index (χ4v) is 5.37. The minimum absolute atomic E-state index is 0.146. The third-order valence-corrected chi connectivity index (χ3v) is 6.55. The van der Waals surface area contributed by atoms with Crippen LogP contribution in [0.1, 0.15) is 30.0 Å². The molecule has 0 saturated carbocycles. The molecule has 2 aliphatic rings. The number of carbonyl (C=O) groups is 1. The van der Waals surface area contributed by atoms with Crippen LogP contribution in [0.25, 0.3) is 0 Å². The summed E-state index contributed by atoms with van der Waals surface area (Å²) in [5.41, 5.74) is 2.74. The Kier molecular flexibility index (Phi) is 4.38. The van der Waals surface area contributed by atoms with Gasteiger partial charge in [-0.25, -0.2) is 0 Å². The number of thioether (sulfide) groups is 2. The fourth-order valence-electron chi connectivity index (χ4n) is 2.81. The fraction of sp³-hybridized carbons (Fsp3) is 0.533. The van der Waals surface area contributed by atoms with Gasteiger partial charge in [-0.3, -0.25) is 4.79 Å². The predicted octanol–water partition coefficient (Wildman–Crippen LogP) is 3.03. The molecule has 0 radical (unpaired) electrons. The first-order valence-corrected chi connectivity index (χ1v) is 9.12. The van der Waals surface area contributed by atoms with E-state index in [0.29, 0.717) is 0 Å². The lowest BCUT2D eigenvalue weighted by Crippen LogP contribution is -2.39. The average molecular weight is 293 g/mol. The predicted molar refractivity (Wildman–Crippen MR) is 83.8 cm³/mol. The van der Waals surface area contributed by atoms with Crippen molar-refractivity contribution in [3.05, 3.63) is 35.4 Å². The molecule has 2 nitrogen and oxygen atoms in total. The van der Waals surface area contributed by atoms with Gasteiger partial charge in [-0.1, -0.05) is 24.3 Å². The minimum Gasteiger partial charge on any atom is -0.348 e. The number of rotatable bonds is 2. The van der Waals surface area contributed by atoms with E-state index in [1.807, 2.05) is 23.5 Å². The molecule has 1 aromatic rings. The molecule has 3 rings (SSSR count). The number of nitrogens with one attached hydrogen (secondary N) is 1. The summed E-state index contributed by atoms with van der Waals surface area (Å²) in [4.78, 5) is 12.3. The van der Waals surface area contributed by atoms with Gasteiger partial charge in [-0.2, -0.15) is 11.8 Å². The zero-order valence-corrected chi connectivity index (χ0v) is 12.6. The van der Waals surface area contributed by atoms with Gasteiger partial charge >= 0.3 is 0 Å². The van der Waals surface area contributed by atoms with Gasteiger partial charge < -0.3 is 5.32 Å². The van der Waals surface area contributed by atoms with Crippen LogP contribution in [0.5, 0.6) is 0 Å². The molecule has 4 heteroatoms. The molecule has 1 fully saturated rings. The molecule has 0 unspecified atom stereocenters. The van der Waals surface area contributed by atoms with E-state index in [2.05, 4.69) is 29.6 Å². The van der Waals surface area contributed by atoms with Crippen LogP contribution >= 0.6 is 23.5 Å². The van der Waals surface area contributed by atoms with Gasteiger partial charge in [-0.05, 0) is 30.4 Å². The van der Waals surface area contributed by atoms with E-state index >= 15 is 0 Å². The molecule has 0 aromatic heterocycles. The summed E-state index contributed by atoms with van der Waals surface area (Å²) in [6.45, 7) is 0. The maximum absolute atomic E-state index is 12.3. The summed E-state index contributed by atoms with van der Waals surface area (Å²) >= 11 is 3.71. The molecule has 1 aliphatic heterocycles. The first-order chi connectivity index (χ1) is 9.34. The molecule has 1 amide bonds. The number of hydrogen-bond acceptors (Lipinski definition) is 3. The van der Waals surface area contributed by atoms with Crippen molar-refractivity contribution in [2.45, 2.75) is 30.6 Å². The summed E-state index contributed by atoms with van der Waals surface area (Å²) in [5.74, 6) is 3.48. The molecule has 19 heavy (non-hydrogen) atoms. The maximum atomic E-state index is 12.3. The van der Waals surface area contributed by atoms with E-state index in [-0.39, 0.29) is 17.2 Å². The van der Waals surface area contributed by atoms with E-state index < -0.39 is 0 Å². The van der Waals surface area contributed by atoms with E-state index in [4.69, 9.17) is 0 Å². The Labute approximate surface area is 123 Å². The van der Waals surface area contributed by atoms with Crippen molar-refractivity contribution in [1.29, 1.82) is 0 Å². The Morgan fingerprint density at radius 2 is 2.16 bits per heavy atom. The average Bonchev–Trinajstić information content (AvgIpc) is 2.48. The zero-order valence-electron chi connectivity index (χ0n) is 10.9. The Balaban J connectivity index is 1.68. The van der Waals surface area contributed by atoms with Crippen molar-refractivity contribution in [1.82, 2.24) is 5.32 Å². The summed E-state index contributed by atoms with van der Waals surface area (Å²) in [6, 6.07) is 8.76. The third kappa shape index (κ3) is 3.11. The molecule has 0 spiro atoms. The largest absolute Gasteiger partial charge is 0.348 e. The first kappa shape index (κ1) is 13.4. The lowest BCUT2D eigenvalue weighted by molar-refractivity contribution is -0.121. The van der Waals surface area contributed by atoms with Gasteiger partial charge in [-0.15, -0.1) is 11.8 Å². The standard InChI is InChI=1S/C15H19NOS2/c17-15(14-10-18-8-9-19-14)16-13-7-3-5-11-4-1-2-6-12(11)13/h1-2,4,6,13-14H,3,5,7-10H2,(H,16,17)/t13-,14+/m1/s1. The van der Waals surface area contributed by atoms with Crippen LogP contribution < -0.4 is 5.32 Å². The van der Waals surface area contributed by atoms with Gasteiger partial charge in [0.15, 0.2) is 0 Å². The van der Waals surface area contributed by atoms with E-state index in [1.54, 1.807) is 0 Å². The Hall–Kier alpha value is -0.610. The molecule has 2 atom stereocenters. The summed E-state index contributed by atoms with van der Waals surface area (Å²) < 4.78 is 0. The third-order valence-electron chi connectivity index (χ3n) is 3.79. The minimum atomic E-state index is 0.146. The molecule has 102 valence electrons. The Morgan fingerprint density at radius 3 is 3.00 bits per heavy atom. The number of amides is 1. The van der Waals surface area contributed by atoms with Gasteiger partial charge in [0, 0.05) is 17.3 Å². The lowest BCUT2D eigenvalue weighted by Gasteiger charge is -2.29. The summed E-state index contributed by atoms with van der Waals surface area (Å²) in [5, 5.41) is 3.42.